The van der Waals surface area contributed by atoms with Gasteiger partial charge in [-0.25, -0.2) is 9.59 Å². The van der Waals surface area contributed by atoms with Crippen LogP contribution in [0.25, 0.3) is 0 Å². The van der Waals surface area contributed by atoms with E-state index in [1.165, 1.54) is 44.9 Å². The Balaban J connectivity index is 1.75. The van der Waals surface area contributed by atoms with Crippen molar-refractivity contribution < 1.29 is 52.8 Å². The van der Waals surface area contributed by atoms with E-state index in [0.29, 0.717) is 17.9 Å². The molecule has 1 aromatic rings. The molecule has 14 nitrogen and oxygen atoms in total. The number of Topliss-reactive ketones (excluding diaryl/α,β-unsaturated/α-hetero) is 1. The number of carbonyl (C=O) groups is 5. The third kappa shape index (κ3) is 8.96. The van der Waals surface area contributed by atoms with Gasteiger partial charge in [-0.3, -0.25) is 14.9 Å². The Morgan fingerprint density at radius 3 is 2.54 bits per heavy atom. The molecule has 3 unspecified atom stereocenters. The van der Waals surface area contributed by atoms with E-state index in [1.54, 1.807) is 45.2 Å². The average Bonchev–Trinajstić information content (AvgIpc) is 3.79. The summed E-state index contributed by atoms with van der Waals surface area (Å²) in [6, 6.07) is 2.49. The number of hydrogen-bond acceptors (Lipinski definition) is 11. The van der Waals surface area contributed by atoms with Crippen molar-refractivity contribution in [2.75, 3.05) is 33.2 Å². The van der Waals surface area contributed by atoms with Gasteiger partial charge in [-0.1, -0.05) is 42.3 Å². The minimum Gasteiger partial charge on any atom is -0.495 e. The molecule has 2 saturated heterocycles. The summed E-state index contributed by atoms with van der Waals surface area (Å²) in [5, 5.41) is 14.4. The molecule has 0 aliphatic carbocycles. The van der Waals surface area contributed by atoms with E-state index in [2.05, 4.69) is 5.32 Å². The molecule has 15 heteroatoms. The number of carbonyl (C=O) groups excluding carboxylic acids is 5. The van der Waals surface area contributed by atoms with E-state index >= 15 is 0 Å². The van der Waals surface area contributed by atoms with Gasteiger partial charge in [0.15, 0.2) is 5.72 Å². The summed E-state index contributed by atoms with van der Waals surface area (Å²) in [6.45, 7) is 8.25. The Labute approximate surface area is 309 Å². The van der Waals surface area contributed by atoms with Crippen LogP contribution in [-0.2, 0) is 44.5 Å². The standard InChI is InChI=1S/C37H50ClN3O11/c1-20-11-10-12-28(49-9)37(47)19-27(50-35(46)39-37)22(3)33-36(5,52-33)29(51-34(45)23(4)40(6)30(43)14-13-21(2)42)18-31(44)41(7)25-16-24(15-20)17-26(48-8)32(25)38/h10-12,16-17,22-23,27-29,33,47H,13-15,18-19H2,1-9H3,(H,39,46)/b12-10+,20-11+/t22?,23-,27-,28+,29-,33?,36?,37-/m0/s1. The summed E-state index contributed by atoms with van der Waals surface area (Å²) >= 11 is 6.73. The number of alkyl carbamates (subject to hydrolysis) is 1. The van der Waals surface area contributed by atoms with Crippen LogP contribution in [-0.4, -0.2) is 110 Å². The number of nitrogens with one attached hydrogen (secondary N) is 1. The fraction of sp³-hybridized carbons (Fsp3) is 0.595. The smallest absolute Gasteiger partial charge is 0.409 e. The molecule has 4 bridgehead atoms. The molecule has 0 saturated carbocycles. The minimum atomic E-state index is -1.84. The van der Waals surface area contributed by atoms with Gasteiger partial charge < -0.3 is 43.4 Å². The second-order valence-electron chi connectivity index (χ2n) is 14.1. The molecular formula is C37H50ClN3O11. The van der Waals surface area contributed by atoms with Crippen molar-refractivity contribution in [2.24, 2.45) is 5.92 Å². The second kappa shape index (κ2) is 16.4. The van der Waals surface area contributed by atoms with Crippen molar-refractivity contribution in [3.05, 3.63) is 46.5 Å². The van der Waals surface area contributed by atoms with Crippen molar-refractivity contribution in [1.82, 2.24) is 10.2 Å². The Kier molecular flexibility index (Phi) is 12.8. The highest BCUT2D eigenvalue weighted by Gasteiger charge is 2.64. The number of methoxy groups -OCH3 is 2. The third-order valence-corrected chi connectivity index (χ3v) is 10.6. The summed E-state index contributed by atoms with van der Waals surface area (Å²) in [4.78, 5) is 67.3. The zero-order valence-corrected chi connectivity index (χ0v) is 31.9. The van der Waals surface area contributed by atoms with Crippen molar-refractivity contribution >= 4 is 46.9 Å². The molecule has 3 heterocycles. The lowest BCUT2D eigenvalue weighted by atomic mass is 9.83. The molecule has 3 aliphatic rings. The van der Waals surface area contributed by atoms with Crippen LogP contribution in [0.5, 0.6) is 5.75 Å². The maximum absolute atomic E-state index is 14.1. The first-order valence-electron chi connectivity index (χ1n) is 17.2. The van der Waals surface area contributed by atoms with Crippen LogP contribution in [0, 0.1) is 5.92 Å². The van der Waals surface area contributed by atoms with Gasteiger partial charge in [-0.2, -0.15) is 0 Å². The first-order chi connectivity index (χ1) is 24.3. The number of rotatable bonds is 8. The zero-order valence-electron chi connectivity index (χ0n) is 31.2. The molecule has 0 aromatic heterocycles. The molecular weight excluding hydrogens is 698 g/mol. The first kappa shape index (κ1) is 40.8. The number of hydrogen-bond donors (Lipinski definition) is 2. The number of ether oxygens (including phenoxy) is 5. The van der Waals surface area contributed by atoms with Crippen molar-refractivity contribution in [3.63, 3.8) is 0 Å². The topological polar surface area (TPSA) is 174 Å². The summed E-state index contributed by atoms with van der Waals surface area (Å²) in [5.74, 6) is -2.02. The molecule has 0 radical (unpaired) electrons. The van der Waals surface area contributed by atoms with Crippen LogP contribution in [0.3, 0.4) is 0 Å². The predicted molar refractivity (Wildman–Crippen MR) is 191 cm³/mol. The number of likely N-dealkylation sites (N-methyl/N-ethyl adjacent to an activating group) is 1. The number of esters is 1. The largest absolute Gasteiger partial charge is 0.495 e. The Bertz CT molecular complexity index is 1630. The van der Waals surface area contributed by atoms with Gasteiger partial charge in [0.1, 0.15) is 46.5 Å². The highest BCUT2D eigenvalue weighted by atomic mass is 35.5. The summed E-state index contributed by atoms with van der Waals surface area (Å²) in [7, 11) is 5.89. The van der Waals surface area contributed by atoms with Gasteiger partial charge in [0.25, 0.3) is 0 Å². The molecule has 3 aliphatic heterocycles. The number of amides is 3. The van der Waals surface area contributed by atoms with Crippen LogP contribution in [0.4, 0.5) is 10.5 Å². The van der Waals surface area contributed by atoms with E-state index in [-0.39, 0.29) is 36.5 Å². The lowest BCUT2D eigenvalue weighted by molar-refractivity contribution is -0.162. The normalized spacial score (nSPS) is 31.5. The lowest BCUT2D eigenvalue weighted by Crippen LogP contribution is -2.63. The molecule has 0 spiro atoms. The second-order valence-corrected chi connectivity index (χ2v) is 14.5. The Hall–Kier alpha value is -3.98. The zero-order chi connectivity index (χ0) is 38.7. The van der Waals surface area contributed by atoms with Gasteiger partial charge in [-0.05, 0) is 51.8 Å². The van der Waals surface area contributed by atoms with Gasteiger partial charge in [0, 0.05) is 46.4 Å². The predicted octanol–water partition coefficient (Wildman–Crippen LogP) is 3.88. The van der Waals surface area contributed by atoms with Crippen LogP contribution in [0.2, 0.25) is 5.02 Å². The molecule has 286 valence electrons. The van der Waals surface area contributed by atoms with Crippen LogP contribution < -0.4 is 15.0 Å². The summed E-state index contributed by atoms with van der Waals surface area (Å²) in [6.07, 6.45) is 0.686. The number of anilines is 1. The van der Waals surface area contributed by atoms with Gasteiger partial charge in [0.05, 0.1) is 25.3 Å². The summed E-state index contributed by atoms with van der Waals surface area (Å²) in [5.41, 5.74) is -1.01. The summed E-state index contributed by atoms with van der Waals surface area (Å²) < 4.78 is 29.0. The van der Waals surface area contributed by atoms with Crippen molar-refractivity contribution in [3.8, 4) is 5.75 Å². The molecule has 8 atom stereocenters. The maximum Gasteiger partial charge on any atom is 0.409 e. The number of epoxide rings is 1. The maximum atomic E-state index is 14.1. The molecule has 52 heavy (non-hydrogen) atoms. The highest BCUT2D eigenvalue weighted by Crippen LogP contribution is 2.49. The molecule has 4 rings (SSSR count). The lowest BCUT2D eigenvalue weighted by Gasteiger charge is -2.42. The monoisotopic (exact) mass is 747 g/mol. The van der Waals surface area contributed by atoms with E-state index < -0.39 is 71.6 Å². The van der Waals surface area contributed by atoms with E-state index in [9.17, 15) is 29.1 Å². The molecule has 1 aromatic carbocycles. The van der Waals surface area contributed by atoms with E-state index in [4.69, 9.17) is 35.3 Å². The first-order valence-corrected chi connectivity index (χ1v) is 17.6. The highest BCUT2D eigenvalue weighted by molar-refractivity contribution is 6.35. The van der Waals surface area contributed by atoms with Crippen molar-refractivity contribution in [1.29, 1.82) is 0 Å². The van der Waals surface area contributed by atoms with Crippen molar-refractivity contribution in [2.45, 2.75) is 109 Å². The average molecular weight is 748 g/mol. The number of benzene rings is 1. The number of ketones is 1. The van der Waals surface area contributed by atoms with E-state index in [1.807, 2.05) is 13.0 Å². The molecule has 2 fully saturated rings. The Morgan fingerprint density at radius 2 is 1.90 bits per heavy atom. The fourth-order valence-corrected chi connectivity index (χ4v) is 6.99. The fourth-order valence-electron chi connectivity index (χ4n) is 6.68. The van der Waals surface area contributed by atoms with Gasteiger partial charge in [-0.15, -0.1) is 0 Å². The van der Waals surface area contributed by atoms with Gasteiger partial charge in [0.2, 0.25) is 11.8 Å². The quantitative estimate of drug-likeness (QED) is 0.292. The SMILES string of the molecule is COc1cc2cc(c1Cl)N(C)C(=O)C[C@H](OC(=O)[C@H](C)N(C)C(=O)CCC(C)=O)C1(C)OC1C(C)[C@@H]1C[C@@](O)(NC(=O)O1)[C@H](OC)/C=C/C=C(\C)C2. The van der Waals surface area contributed by atoms with Crippen LogP contribution in [0.1, 0.15) is 65.9 Å². The van der Waals surface area contributed by atoms with E-state index in [0.717, 1.165) is 11.1 Å². The Morgan fingerprint density at radius 1 is 1.21 bits per heavy atom. The number of fused-ring (bicyclic) bond motifs is 5. The van der Waals surface area contributed by atoms with Crippen LogP contribution in [0.15, 0.2) is 35.9 Å². The number of aliphatic hydroxyl groups is 1. The number of halogens is 1. The third-order valence-electron chi connectivity index (χ3n) is 10.2. The van der Waals surface area contributed by atoms with Gasteiger partial charge >= 0.3 is 12.1 Å². The number of nitrogens with zero attached hydrogens (tertiary/aromatic N) is 2. The number of allylic oxidation sites excluding steroid dienone is 3. The van der Waals surface area contributed by atoms with Crippen LogP contribution >= 0.6 is 11.6 Å². The molecule has 3 amide bonds. The minimum absolute atomic E-state index is 0.0298. The molecule has 2 N–H and O–H groups in total.